The summed E-state index contributed by atoms with van der Waals surface area (Å²) in [6.45, 7) is 2.04. The van der Waals surface area contributed by atoms with Gasteiger partial charge in [0, 0.05) is 16.8 Å². The number of rotatable bonds is 6. The van der Waals surface area contributed by atoms with E-state index in [1.54, 1.807) is 72.0 Å². The third-order valence-electron chi connectivity index (χ3n) is 3.88. The lowest BCUT2D eigenvalue weighted by Gasteiger charge is -2.09. The van der Waals surface area contributed by atoms with Gasteiger partial charge in [-0.2, -0.15) is 5.10 Å². The number of hydrogen-bond acceptors (Lipinski definition) is 5. The summed E-state index contributed by atoms with van der Waals surface area (Å²) in [5.74, 6) is -0.744. The summed E-state index contributed by atoms with van der Waals surface area (Å²) in [5.41, 5.74) is 2.03. The molecule has 6 nitrogen and oxygen atoms in total. The number of amides is 1. The van der Waals surface area contributed by atoms with E-state index >= 15 is 0 Å². The minimum absolute atomic E-state index is 0.238. The molecule has 0 fully saturated rings. The van der Waals surface area contributed by atoms with Crippen LogP contribution in [0.5, 0.6) is 0 Å². The number of esters is 1. The molecule has 1 amide bonds. The van der Waals surface area contributed by atoms with Gasteiger partial charge in [-0.25, -0.2) is 9.48 Å². The predicted octanol–water partition coefficient (Wildman–Crippen LogP) is 4.68. The molecule has 0 unspecified atom stereocenters. The highest BCUT2D eigenvalue weighted by Gasteiger charge is 2.13. The third kappa shape index (κ3) is 4.55. The molecule has 0 spiro atoms. The number of halogens is 1. The van der Waals surface area contributed by atoms with Crippen molar-refractivity contribution in [3.05, 3.63) is 71.0 Å². The van der Waals surface area contributed by atoms with E-state index in [1.165, 1.54) is 0 Å². The monoisotopic (exact) mass is 415 g/mol. The van der Waals surface area contributed by atoms with Crippen molar-refractivity contribution in [1.29, 1.82) is 0 Å². The molecule has 0 aliphatic carbocycles. The second-order valence-corrected chi connectivity index (χ2v) is 7.00. The average molecular weight is 416 g/mol. The molecule has 0 saturated carbocycles. The van der Waals surface area contributed by atoms with Crippen LogP contribution in [0.2, 0.25) is 5.02 Å². The van der Waals surface area contributed by atoms with E-state index in [1.807, 2.05) is 12.3 Å². The highest BCUT2D eigenvalue weighted by atomic mass is 35.5. The van der Waals surface area contributed by atoms with Crippen molar-refractivity contribution < 1.29 is 14.3 Å². The number of thioether (sulfide) groups is 1. The zero-order chi connectivity index (χ0) is 20.1. The smallest absolute Gasteiger partial charge is 0.358 e. The quantitative estimate of drug-likeness (QED) is 0.467. The highest BCUT2D eigenvalue weighted by molar-refractivity contribution is 7.98. The van der Waals surface area contributed by atoms with E-state index in [2.05, 4.69) is 10.4 Å². The standard InChI is InChI=1S/C20H18ClN3O3S/c1-3-27-20(26)18-10-11-24(23-18)14-6-4-13(5-7-14)22-19(25)16-12-15(28-2)8-9-17(16)21/h4-12H,3H2,1-2H3,(H,22,25). The van der Waals surface area contributed by atoms with E-state index in [0.29, 0.717) is 22.9 Å². The summed E-state index contributed by atoms with van der Waals surface area (Å²) in [4.78, 5) is 25.2. The first-order chi connectivity index (χ1) is 13.5. The zero-order valence-electron chi connectivity index (χ0n) is 15.3. The van der Waals surface area contributed by atoms with Crippen LogP contribution in [0.1, 0.15) is 27.8 Å². The van der Waals surface area contributed by atoms with Gasteiger partial charge in [0.1, 0.15) is 0 Å². The fourth-order valence-corrected chi connectivity index (χ4v) is 3.13. The Labute approximate surface area is 171 Å². The van der Waals surface area contributed by atoms with E-state index < -0.39 is 5.97 Å². The molecule has 0 saturated heterocycles. The number of carbonyl (C=O) groups is 2. The number of nitrogens with one attached hydrogen (secondary N) is 1. The second kappa shape index (κ2) is 8.95. The maximum absolute atomic E-state index is 12.5. The molecule has 0 bridgehead atoms. The summed E-state index contributed by atoms with van der Waals surface area (Å²) in [6.07, 6.45) is 3.61. The zero-order valence-corrected chi connectivity index (χ0v) is 16.9. The number of nitrogens with zero attached hydrogens (tertiary/aromatic N) is 2. The topological polar surface area (TPSA) is 73.2 Å². The summed E-state index contributed by atoms with van der Waals surface area (Å²) in [6, 6.07) is 14.0. The molecule has 0 aliphatic rings. The largest absolute Gasteiger partial charge is 0.461 e. The van der Waals surface area contributed by atoms with Gasteiger partial charge in [0.15, 0.2) is 5.69 Å². The van der Waals surface area contributed by atoms with E-state index in [4.69, 9.17) is 16.3 Å². The highest BCUT2D eigenvalue weighted by Crippen LogP contribution is 2.24. The fraction of sp³-hybridized carbons (Fsp3) is 0.150. The predicted molar refractivity (Wildman–Crippen MR) is 111 cm³/mol. The third-order valence-corrected chi connectivity index (χ3v) is 4.94. The van der Waals surface area contributed by atoms with Gasteiger partial charge in [0.25, 0.3) is 5.91 Å². The van der Waals surface area contributed by atoms with Gasteiger partial charge >= 0.3 is 5.97 Å². The first-order valence-electron chi connectivity index (χ1n) is 8.50. The van der Waals surface area contributed by atoms with Crippen LogP contribution in [-0.2, 0) is 4.74 Å². The van der Waals surface area contributed by atoms with Crippen molar-refractivity contribution in [1.82, 2.24) is 9.78 Å². The van der Waals surface area contributed by atoms with Crippen LogP contribution in [0, 0.1) is 0 Å². The van der Waals surface area contributed by atoms with Gasteiger partial charge in [-0.3, -0.25) is 4.79 Å². The van der Waals surface area contributed by atoms with Gasteiger partial charge < -0.3 is 10.1 Å². The molecule has 0 atom stereocenters. The van der Waals surface area contributed by atoms with E-state index in [-0.39, 0.29) is 11.6 Å². The Hall–Kier alpha value is -2.77. The Morgan fingerprint density at radius 1 is 1.18 bits per heavy atom. The molecule has 3 rings (SSSR count). The second-order valence-electron chi connectivity index (χ2n) is 5.71. The van der Waals surface area contributed by atoms with E-state index in [0.717, 1.165) is 10.6 Å². The van der Waals surface area contributed by atoms with Crippen LogP contribution in [0.3, 0.4) is 0 Å². The Kier molecular flexibility index (Phi) is 6.38. The molecular formula is C20H18ClN3O3S. The van der Waals surface area contributed by atoms with Crippen molar-refractivity contribution in [3.8, 4) is 5.69 Å². The van der Waals surface area contributed by atoms with Gasteiger partial charge in [-0.1, -0.05) is 11.6 Å². The summed E-state index contributed by atoms with van der Waals surface area (Å²) < 4.78 is 6.50. The minimum atomic E-state index is -0.463. The van der Waals surface area contributed by atoms with Crippen molar-refractivity contribution >= 4 is 40.9 Å². The molecule has 1 heterocycles. The molecular weight excluding hydrogens is 398 g/mol. The van der Waals surface area contributed by atoms with Crippen LogP contribution < -0.4 is 5.32 Å². The van der Waals surface area contributed by atoms with Gasteiger partial charge in [-0.15, -0.1) is 11.8 Å². The normalized spacial score (nSPS) is 10.5. The van der Waals surface area contributed by atoms with Crippen LogP contribution in [0.15, 0.2) is 59.6 Å². The number of anilines is 1. The molecule has 28 heavy (non-hydrogen) atoms. The van der Waals surface area contributed by atoms with E-state index in [9.17, 15) is 9.59 Å². The van der Waals surface area contributed by atoms with Gasteiger partial charge in [0.2, 0.25) is 0 Å². The first-order valence-corrected chi connectivity index (χ1v) is 10.1. The first kappa shape index (κ1) is 20.0. The number of benzene rings is 2. The minimum Gasteiger partial charge on any atom is -0.461 e. The molecule has 8 heteroatoms. The number of carbonyl (C=O) groups excluding carboxylic acids is 2. The summed E-state index contributed by atoms with van der Waals surface area (Å²) in [7, 11) is 0. The van der Waals surface area contributed by atoms with Crippen molar-refractivity contribution in [2.24, 2.45) is 0 Å². The Morgan fingerprint density at radius 2 is 1.93 bits per heavy atom. The fourth-order valence-electron chi connectivity index (χ4n) is 2.48. The molecule has 1 aromatic heterocycles. The maximum atomic E-state index is 12.5. The SMILES string of the molecule is CCOC(=O)c1ccn(-c2ccc(NC(=O)c3cc(SC)ccc3Cl)cc2)n1. The molecule has 1 N–H and O–H groups in total. The Balaban J connectivity index is 1.73. The maximum Gasteiger partial charge on any atom is 0.358 e. The molecule has 3 aromatic rings. The van der Waals surface area contributed by atoms with Crippen LogP contribution in [0.25, 0.3) is 5.69 Å². The number of aromatic nitrogens is 2. The number of ether oxygens (including phenoxy) is 1. The van der Waals surface area contributed by atoms with Crippen molar-refractivity contribution in [2.45, 2.75) is 11.8 Å². The molecule has 2 aromatic carbocycles. The molecule has 0 aliphatic heterocycles. The Morgan fingerprint density at radius 3 is 2.61 bits per heavy atom. The Bertz CT molecular complexity index is 1000. The lowest BCUT2D eigenvalue weighted by Crippen LogP contribution is -2.12. The lowest BCUT2D eigenvalue weighted by atomic mass is 10.2. The molecule has 144 valence electrons. The van der Waals surface area contributed by atoms with Gasteiger partial charge in [0.05, 0.1) is 22.9 Å². The molecule has 0 radical (unpaired) electrons. The van der Waals surface area contributed by atoms with Crippen LogP contribution in [-0.4, -0.2) is 34.5 Å². The van der Waals surface area contributed by atoms with Gasteiger partial charge in [-0.05, 0) is 61.7 Å². The summed E-state index contributed by atoms with van der Waals surface area (Å²) >= 11 is 7.69. The van der Waals surface area contributed by atoms with Crippen molar-refractivity contribution in [2.75, 3.05) is 18.2 Å². The van der Waals surface area contributed by atoms with Crippen LogP contribution in [0.4, 0.5) is 5.69 Å². The van der Waals surface area contributed by atoms with Crippen molar-refractivity contribution in [3.63, 3.8) is 0 Å². The van der Waals surface area contributed by atoms with Crippen LogP contribution >= 0.6 is 23.4 Å². The summed E-state index contributed by atoms with van der Waals surface area (Å²) in [5, 5.41) is 7.43. The number of hydrogen-bond donors (Lipinski definition) is 1. The average Bonchev–Trinajstić information content (AvgIpc) is 3.19. The lowest BCUT2D eigenvalue weighted by molar-refractivity contribution is 0.0519.